The minimum atomic E-state index is -0.730. The zero-order chi connectivity index (χ0) is 15.2. The molecule has 1 rings (SSSR count). The average Bonchev–Trinajstić information content (AvgIpc) is 2.94. The van der Waals surface area contributed by atoms with Gasteiger partial charge in [-0.1, -0.05) is 33.1 Å². The van der Waals surface area contributed by atoms with E-state index in [1.165, 1.54) is 30.8 Å². The molecule has 0 spiro atoms. The van der Waals surface area contributed by atoms with Crippen LogP contribution >= 0.6 is 11.5 Å². The van der Waals surface area contributed by atoms with E-state index in [4.69, 9.17) is 9.84 Å². The van der Waals surface area contributed by atoms with Crippen molar-refractivity contribution in [1.82, 2.24) is 4.37 Å². The van der Waals surface area contributed by atoms with Crippen LogP contribution in [0.2, 0.25) is 0 Å². The molecule has 2 N–H and O–H groups in total. The summed E-state index contributed by atoms with van der Waals surface area (Å²) in [6.07, 6.45) is 4.49. The Bertz CT molecular complexity index is 293. The second kappa shape index (κ2) is 13.5. The molecule has 118 valence electrons. The lowest BCUT2D eigenvalue weighted by atomic mass is 10.1. The molecule has 20 heavy (non-hydrogen) atoms. The molecule has 5 heteroatoms. The van der Waals surface area contributed by atoms with Gasteiger partial charge in [0.25, 0.3) is 0 Å². The summed E-state index contributed by atoms with van der Waals surface area (Å²) >= 11 is 1.49. The topological polar surface area (TPSA) is 62.6 Å². The fraction of sp³-hybridized carbons (Fsp3) is 0.800. The van der Waals surface area contributed by atoms with Crippen LogP contribution in [0.3, 0.4) is 0 Å². The normalized spacial score (nSPS) is 13.4. The summed E-state index contributed by atoms with van der Waals surface area (Å²) in [4.78, 5) is 0. The van der Waals surface area contributed by atoms with Crippen molar-refractivity contribution in [2.24, 2.45) is 0 Å². The molecule has 0 radical (unpaired) electrons. The summed E-state index contributed by atoms with van der Waals surface area (Å²) in [5.41, 5.74) is 1.11. The number of ether oxygens (including phenoxy) is 1. The van der Waals surface area contributed by atoms with Crippen molar-refractivity contribution in [3.63, 3.8) is 0 Å². The zero-order valence-electron chi connectivity index (χ0n) is 12.9. The van der Waals surface area contributed by atoms with Crippen LogP contribution in [0.1, 0.15) is 51.6 Å². The van der Waals surface area contributed by atoms with Gasteiger partial charge in [-0.25, -0.2) is 0 Å². The van der Waals surface area contributed by atoms with E-state index in [0.29, 0.717) is 6.61 Å². The first kappa shape index (κ1) is 19.5. The van der Waals surface area contributed by atoms with Gasteiger partial charge in [-0.15, -0.1) is 0 Å². The Morgan fingerprint density at radius 2 is 2.05 bits per heavy atom. The van der Waals surface area contributed by atoms with E-state index in [-0.39, 0.29) is 12.7 Å². The minimum absolute atomic E-state index is 0.207. The van der Waals surface area contributed by atoms with Crippen LogP contribution in [0, 0.1) is 6.92 Å². The van der Waals surface area contributed by atoms with E-state index in [1.54, 1.807) is 0 Å². The van der Waals surface area contributed by atoms with E-state index in [9.17, 15) is 5.11 Å². The second-order valence-corrected chi connectivity index (χ2v) is 5.43. The summed E-state index contributed by atoms with van der Waals surface area (Å²) < 4.78 is 9.44. The van der Waals surface area contributed by atoms with Crippen molar-refractivity contribution in [2.75, 3.05) is 13.2 Å². The third kappa shape index (κ3) is 10.3. The molecule has 1 aromatic heterocycles. The third-order valence-corrected chi connectivity index (χ3v) is 3.57. The lowest BCUT2D eigenvalue weighted by Gasteiger charge is -2.20. The maximum atomic E-state index is 9.35. The highest BCUT2D eigenvalue weighted by Gasteiger charge is 2.16. The van der Waals surface area contributed by atoms with Crippen molar-refractivity contribution < 1.29 is 14.9 Å². The summed E-state index contributed by atoms with van der Waals surface area (Å²) in [5.74, 6) is 0. The van der Waals surface area contributed by atoms with Gasteiger partial charge in [0.15, 0.2) is 0 Å². The molecule has 0 fully saturated rings. The Hall–Kier alpha value is -0.490. The predicted octanol–water partition coefficient (Wildman–Crippen LogP) is 3.17. The summed E-state index contributed by atoms with van der Waals surface area (Å²) in [6, 6.07) is 1.99. The zero-order valence-corrected chi connectivity index (χ0v) is 13.7. The summed E-state index contributed by atoms with van der Waals surface area (Å²) in [7, 11) is 0. The second-order valence-electron chi connectivity index (χ2n) is 4.77. The van der Waals surface area contributed by atoms with E-state index in [0.717, 1.165) is 18.5 Å². The van der Waals surface area contributed by atoms with Gasteiger partial charge in [0.2, 0.25) is 0 Å². The SMILES string of the molecule is CCCCCCOC(CC)C(O)CO.Cc1ccsn1. The number of aliphatic hydroxyl groups is 2. The number of nitrogens with zero attached hydrogens (tertiary/aromatic N) is 1. The number of rotatable bonds is 9. The number of hydrogen-bond acceptors (Lipinski definition) is 5. The van der Waals surface area contributed by atoms with Gasteiger partial charge in [-0.3, -0.25) is 0 Å². The molecule has 0 saturated heterocycles. The Balaban J connectivity index is 0.000000493. The maximum absolute atomic E-state index is 9.35. The van der Waals surface area contributed by atoms with E-state index in [1.807, 2.05) is 25.3 Å². The maximum Gasteiger partial charge on any atom is 0.103 e. The quantitative estimate of drug-likeness (QED) is 0.688. The van der Waals surface area contributed by atoms with Crippen molar-refractivity contribution in [3.05, 3.63) is 17.1 Å². The van der Waals surface area contributed by atoms with Gasteiger partial charge in [0.1, 0.15) is 6.10 Å². The van der Waals surface area contributed by atoms with Crippen LogP contribution in [0.5, 0.6) is 0 Å². The standard InChI is InChI=1S/C11H24O3.C4H5NS/c1-3-5-6-7-8-14-11(4-2)10(13)9-12;1-4-2-3-6-5-4/h10-13H,3-9H2,1-2H3;2-3H,1H3. The van der Waals surface area contributed by atoms with Crippen molar-refractivity contribution >= 4 is 11.5 Å². The van der Waals surface area contributed by atoms with Gasteiger partial charge in [0.05, 0.1) is 18.4 Å². The summed E-state index contributed by atoms with van der Waals surface area (Å²) in [6.45, 7) is 6.58. The van der Waals surface area contributed by atoms with Crippen molar-refractivity contribution in [1.29, 1.82) is 0 Å². The molecule has 0 amide bonds. The van der Waals surface area contributed by atoms with Gasteiger partial charge >= 0.3 is 0 Å². The first-order valence-corrected chi connectivity index (χ1v) is 8.26. The molecular weight excluding hydrogens is 274 g/mol. The Morgan fingerprint density at radius 3 is 2.45 bits per heavy atom. The van der Waals surface area contributed by atoms with Crippen LogP contribution in [0.25, 0.3) is 0 Å². The average molecular weight is 303 g/mol. The highest BCUT2D eigenvalue weighted by atomic mass is 32.1. The van der Waals surface area contributed by atoms with E-state index < -0.39 is 6.10 Å². The smallest absolute Gasteiger partial charge is 0.103 e. The largest absolute Gasteiger partial charge is 0.394 e. The van der Waals surface area contributed by atoms with Crippen molar-refractivity contribution in [3.8, 4) is 0 Å². The Morgan fingerprint density at radius 1 is 1.30 bits per heavy atom. The van der Waals surface area contributed by atoms with Crippen LogP contribution in [-0.2, 0) is 4.74 Å². The number of hydrogen-bond donors (Lipinski definition) is 2. The molecule has 0 aliphatic heterocycles. The van der Waals surface area contributed by atoms with Crippen LogP contribution in [0.4, 0.5) is 0 Å². The number of aliphatic hydroxyl groups excluding tert-OH is 2. The number of aryl methyl sites for hydroxylation is 1. The molecule has 2 unspecified atom stereocenters. The molecule has 1 aromatic rings. The van der Waals surface area contributed by atoms with E-state index in [2.05, 4.69) is 11.3 Å². The first-order chi connectivity index (χ1) is 9.65. The number of aromatic nitrogens is 1. The fourth-order valence-corrected chi connectivity index (χ4v) is 2.20. The minimum Gasteiger partial charge on any atom is -0.394 e. The Kier molecular flexibility index (Phi) is 13.2. The third-order valence-electron chi connectivity index (χ3n) is 2.92. The lowest BCUT2D eigenvalue weighted by molar-refractivity contribution is -0.0598. The van der Waals surface area contributed by atoms with Gasteiger partial charge < -0.3 is 14.9 Å². The van der Waals surface area contributed by atoms with E-state index >= 15 is 0 Å². The van der Waals surface area contributed by atoms with Gasteiger partial charge in [-0.05, 0) is 37.4 Å². The molecule has 2 atom stereocenters. The molecule has 0 bridgehead atoms. The van der Waals surface area contributed by atoms with Gasteiger partial charge in [0, 0.05) is 12.0 Å². The predicted molar refractivity (Wildman–Crippen MR) is 84.1 cm³/mol. The first-order valence-electron chi connectivity index (χ1n) is 7.43. The molecular formula is C15H29NO3S. The molecule has 0 saturated carbocycles. The molecule has 4 nitrogen and oxygen atoms in total. The molecule has 0 aromatic carbocycles. The highest BCUT2D eigenvalue weighted by Crippen LogP contribution is 2.06. The molecule has 1 heterocycles. The monoisotopic (exact) mass is 303 g/mol. The number of unbranched alkanes of at least 4 members (excludes halogenated alkanes) is 3. The summed E-state index contributed by atoms with van der Waals surface area (Å²) in [5, 5.41) is 20.1. The van der Waals surface area contributed by atoms with Crippen LogP contribution < -0.4 is 0 Å². The highest BCUT2D eigenvalue weighted by molar-refractivity contribution is 7.03. The lowest BCUT2D eigenvalue weighted by Crippen LogP contribution is -2.31. The van der Waals surface area contributed by atoms with Gasteiger partial charge in [-0.2, -0.15) is 4.37 Å². The molecule has 0 aliphatic rings. The fourth-order valence-electron chi connectivity index (χ4n) is 1.66. The molecule has 0 aliphatic carbocycles. The van der Waals surface area contributed by atoms with Crippen LogP contribution in [-0.4, -0.2) is 40.0 Å². The Labute approximate surface area is 127 Å². The van der Waals surface area contributed by atoms with Crippen molar-refractivity contribution in [2.45, 2.75) is 65.1 Å². The van der Waals surface area contributed by atoms with Crippen LogP contribution in [0.15, 0.2) is 11.4 Å².